The Morgan fingerprint density at radius 2 is 2.25 bits per heavy atom. The van der Waals surface area contributed by atoms with Crippen LogP contribution in [0.25, 0.3) is 0 Å². The molecule has 0 spiro atoms. The van der Waals surface area contributed by atoms with Crippen molar-refractivity contribution in [1.29, 1.82) is 0 Å². The van der Waals surface area contributed by atoms with Crippen LogP contribution in [0.15, 0.2) is 24.3 Å². The number of carbonyl (C=O) groups is 1. The highest BCUT2D eigenvalue weighted by Gasteiger charge is 1.94. The Labute approximate surface area is 72.8 Å². The van der Waals surface area contributed by atoms with Gasteiger partial charge < -0.3 is 10.4 Å². The summed E-state index contributed by atoms with van der Waals surface area (Å²) in [6.07, 6.45) is 7.68. The second-order valence-electron chi connectivity index (χ2n) is 2.23. The summed E-state index contributed by atoms with van der Waals surface area (Å²) in [4.78, 5) is 10.8. The molecule has 0 saturated heterocycles. The fraction of sp³-hybridized carbons (Fsp3) is 0.444. The molecule has 0 aromatic rings. The molecule has 0 heterocycles. The highest BCUT2D eigenvalue weighted by molar-refractivity contribution is 5.76. The molecule has 3 nitrogen and oxygen atoms in total. The number of carbonyl (C=O) groups excluding carboxylic acids is 1. The molecule has 2 N–H and O–H groups in total. The van der Waals surface area contributed by atoms with Crippen molar-refractivity contribution in [3.63, 3.8) is 0 Å². The summed E-state index contributed by atoms with van der Waals surface area (Å²) in [6.45, 7) is 2.35. The lowest BCUT2D eigenvalue weighted by Crippen LogP contribution is -2.23. The van der Waals surface area contributed by atoms with Crippen LogP contribution in [0.2, 0.25) is 0 Å². The summed E-state index contributed by atoms with van der Waals surface area (Å²) in [5, 5.41) is 11.0. The number of hydrogen-bond donors (Lipinski definition) is 2. The Bertz CT molecular complexity index is 173. The highest BCUT2D eigenvalue weighted by atomic mass is 16.3. The quantitative estimate of drug-likeness (QED) is 0.593. The summed E-state index contributed by atoms with van der Waals surface area (Å²) in [6, 6.07) is 0. The first-order chi connectivity index (χ1) is 5.81. The van der Waals surface area contributed by atoms with Gasteiger partial charge in [0.2, 0.25) is 5.91 Å². The molecule has 0 aliphatic heterocycles. The number of hydrogen-bond acceptors (Lipinski definition) is 2. The van der Waals surface area contributed by atoms with Crippen LogP contribution in [0, 0.1) is 0 Å². The normalized spacial score (nSPS) is 11.2. The highest BCUT2D eigenvalue weighted by Crippen LogP contribution is 1.78. The van der Waals surface area contributed by atoms with Gasteiger partial charge in [0.25, 0.3) is 0 Å². The number of amides is 1. The van der Waals surface area contributed by atoms with Crippen LogP contribution in [-0.2, 0) is 4.79 Å². The van der Waals surface area contributed by atoms with Gasteiger partial charge in [0.1, 0.15) is 0 Å². The largest absolute Gasteiger partial charge is 0.396 e. The molecule has 1 amide bonds. The topological polar surface area (TPSA) is 49.3 Å². The maximum absolute atomic E-state index is 10.8. The molecule has 0 aromatic heterocycles. The summed E-state index contributed by atoms with van der Waals surface area (Å²) in [5.41, 5.74) is 0. The van der Waals surface area contributed by atoms with Crippen LogP contribution in [-0.4, -0.2) is 24.2 Å². The molecule has 68 valence electrons. The van der Waals surface area contributed by atoms with Crippen molar-refractivity contribution < 1.29 is 9.90 Å². The van der Waals surface area contributed by atoms with E-state index in [0.29, 0.717) is 6.54 Å². The Kier molecular flexibility index (Phi) is 7.28. The second kappa shape index (κ2) is 8.01. The molecule has 0 bridgehead atoms. The number of aliphatic hydroxyl groups is 1. The average molecular weight is 169 g/mol. The van der Waals surface area contributed by atoms with Crippen molar-refractivity contribution in [3.05, 3.63) is 24.3 Å². The first-order valence-corrected chi connectivity index (χ1v) is 3.96. The molecule has 0 unspecified atom stereocenters. The van der Waals surface area contributed by atoms with Crippen molar-refractivity contribution >= 4 is 5.91 Å². The first-order valence-electron chi connectivity index (χ1n) is 3.96. The number of aliphatic hydroxyl groups excluding tert-OH is 1. The molecule has 0 rings (SSSR count). The van der Waals surface area contributed by atoms with Gasteiger partial charge in [-0.25, -0.2) is 0 Å². The number of allylic oxidation sites excluding steroid dienone is 3. The van der Waals surface area contributed by atoms with E-state index in [9.17, 15) is 4.79 Å². The summed E-state index contributed by atoms with van der Waals surface area (Å²) >= 11 is 0. The Balaban J connectivity index is 3.36. The van der Waals surface area contributed by atoms with Gasteiger partial charge in [-0.3, -0.25) is 4.79 Å². The first kappa shape index (κ1) is 10.9. The van der Waals surface area contributed by atoms with E-state index in [0.717, 1.165) is 0 Å². The van der Waals surface area contributed by atoms with Crippen LogP contribution >= 0.6 is 0 Å². The van der Waals surface area contributed by atoms with E-state index >= 15 is 0 Å². The molecular formula is C9H15NO2. The molecule has 12 heavy (non-hydrogen) atoms. The third-order valence-electron chi connectivity index (χ3n) is 1.20. The zero-order valence-electron chi connectivity index (χ0n) is 7.29. The van der Waals surface area contributed by atoms with E-state index in [1.165, 1.54) is 0 Å². The van der Waals surface area contributed by atoms with Crippen molar-refractivity contribution in [2.24, 2.45) is 0 Å². The van der Waals surface area contributed by atoms with Gasteiger partial charge in [-0.1, -0.05) is 24.3 Å². The van der Waals surface area contributed by atoms with E-state index in [2.05, 4.69) is 5.32 Å². The van der Waals surface area contributed by atoms with Crippen LogP contribution in [0.4, 0.5) is 0 Å². The van der Waals surface area contributed by atoms with Gasteiger partial charge in [-0.2, -0.15) is 0 Å². The zero-order valence-corrected chi connectivity index (χ0v) is 7.29. The zero-order chi connectivity index (χ0) is 9.23. The fourth-order valence-corrected chi connectivity index (χ4v) is 0.620. The summed E-state index contributed by atoms with van der Waals surface area (Å²) < 4.78 is 0. The Hall–Kier alpha value is -1.09. The lowest BCUT2D eigenvalue weighted by molar-refractivity contribution is -0.121. The van der Waals surface area contributed by atoms with E-state index in [-0.39, 0.29) is 18.9 Å². The standard InChI is InChI=1S/C9H15NO2/c1-2-3-4-5-7-10-9(12)6-8-11/h2-5,11H,6-8H2,1H3,(H,10,12)/b3-2-,5-4-. The lowest BCUT2D eigenvalue weighted by Gasteiger charge is -1.97. The fourth-order valence-electron chi connectivity index (χ4n) is 0.620. The maximum Gasteiger partial charge on any atom is 0.222 e. The van der Waals surface area contributed by atoms with Crippen molar-refractivity contribution in [2.75, 3.05) is 13.2 Å². The summed E-state index contributed by atoms with van der Waals surface area (Å²) in [5.74, 6) is -0.123. The van der Waals surface area contributed by atoms with Gasteiger partial charge in [0.15, 0.2) is 0 Å². The van der Waals surface area contributed by atoms with Crippen molar-refractivity contribution in [3.8, 4) is 0 Å². The predicted molar refractivity (Wildman–Crippen MR) is 48.7 cm³/mol. The van der Waals surface area contributed by atoms with E-state index in [1.807, 2.05) is 31.2 Å². The Morgan fingerprint density at radius 3 is 2.83 bits per heavy atom. The third kappa shape index (κ3) is 7.02. The van der Waals surface area contributed by atoms with Crippen LogP contribution < -0.4 is 5.32 Å². The average Bonchev–Trinajstić information content (AvgIpc) is 2.05. The van der Waals surface area contributed by atoms with Crippen molar-refractivity contribution in [1.82, 2.24) is 5.32 Å². The molecule has 0 radical (unpaired) electrons. The minimum atomic E-state index is -0.123. The van der Waals surface area contributed by atoms with Crippen molar-refractivity contribution in [2.45, 2.75) is 13.3 Å². The monoisotopic (exact) mass is 169 g/mol. The van der Waals surface area contributed by atoms with E-state index < -0.39 is 0 Å². The third-order valence-corrected chi connectivity index (χ3v) is 1.20. The second-order valence-corrected chi connectivity index (χ2v) is 2.23. The molecule has 0 atom stereocenters. The maximum atomic E-state index is 10.8. The molecule has 3 heteroatoms. The van der Waals surface area contributed by atoms with Gasteiger partial charge in [-0.05, 0) is 6.92 Å². The van der Waals surface area contributed by atoms with E-state index in [4.69, 9.17) is 5.11 Å². The minimum Gasteiger partial charge on any atom is -0.396 e. The number of rotatable bonds is 5. The van der Waals surface area contributed by atoms with E-state index in [1.54, 1.807) is 0 Å². The smallest absolute Gasteiger partial charge is 0.222 e. The molecule has 0 saturated carbocycles. The minimum absolute atomic E-state index is 0.0928. The van der Waals surface area contributed by atoms with Crippen LogP contribution in [0.3, 0.4) is 0 Å². The Morgan fingerprint density at radius 1 is 1.50 bits per heavy atom. The van der Waals surface area contributed by atoms with Crippen LogP contribution in [0.5, 0.6) is 0 Å². The molecule has 0 fully saturated rings. The summed E-state index contributed by atoms with van der Waals surface area (Å²) in [7, 11) is 0. The SMILES string of the molecule is C/C=C\C=C/CNC(=O)CCO. The molecular weight excluding hydrogens is 154 g/mol. The van der Waals surface area contributed by atoms with Gasteiger partial charge >= 0.3 is 0 Å². The lowest BCUT2D eigenvalue weighted by atomic mass is 10.4. The van der Waals surface area contributed by atoms with Crippen LogP contribution in [0.1, 0.15) is 13.3 Å². The predicted octanol–water partition coefficient (Wildman–Crippen LogP) is 0.617. The number of nitrogens with one attached hydrogen (secondary N) is 1. The van der Waals surface area contributed by atoms with Gasteiger partial charge in [-0.15, -0.1) is 0 Å². The van der Waals surface area contributed by atoms with Gasteiger partial charge in [0, 0.05) is 13.0 Å². The molecule has 0 aliphatic carbocycles. The molecule has 0 aliphatic rings. The van der Waals surface area contributed by atoms with Gasteiger partial charge in [0.05, 0.1) is 6.61 Å². The molecule has 0 aromatic carbocycles.